The Bertz CT molecular complexity index is 162. The monoisotopic (exact) mass is 186 g/mol. The fraction of sp³-hybridized carbons (Fsp3) is 1.00. The van der Waals surface area contributed by atoms with Gasteiger partial charge in [0, 0.05) is 5.38 Å². The van der Waals surface area contributed by atoms with Crippen LogP contribution < -0.4 is 0 Å². The Morgan fingerprint density at radius 1 is 1.00 bits per heavy atom. The third-order valence-corrected chi connectivity index (χ3v) is 4.49. The van der Waals surface area contributed by atoms with Gasteiger partial charge in [-0.1, -0.05) is 13.8 Å². The molecule has 1 heteroatoms. The highest BCUT2D eigenvalue weighted by molar-refractivity contribution is 6.20. The van der Waals surface area contributed by atoms with Gasteiger partial charge in [0.1, 0.15) is 0 Å². The Morgan fingerprint density at radius 3 is 2.50 bits per heavy atom. The maximum absolute atomic E-state index is 6.23. The molecule has 0 saturated heterocycles. The number of fused-ring (bicyclic) bond motifs is 2. The van der Waals surface area contributed by atoms with Crippen LogP contribution >= 0.6 is 11.6 Å². The predicted molar refractivity (Wildman–Crippen MR) is 53.4 cm³/mol. The Kier molecular flexibility index (Phi) is 2.37. The largest absolute Gasteiger partial charge is 0.123 e. The maximum atomic E-state index is 6.23. The number of alkyl halides is 1. The quantitative estimate of drug-likeness (QED) is 0.507. The van der Waals surface area contributed by atoms with E-state index in [0.29, 0.717) is 5.38 Å². The van der Waals surface area contributed by atoms with Gasteiger partial charge in [0.2, 0.25) is 0 Å². The van der Waals surface area contributed by atoms with Crippen molar-refractivity contribution in [2.24, 2.45) is 23.7 Å². The molecule has 0 radical (unpaired) electrons. The Morgan fingerprint density at radius 2 is 1.75 bits per heavy atom. The van der Waals surface area contributed by atoms with E-state index >= 15 is 0 Å². The van der Waals surface area contributed by atoms with Gasteiger partial charge in [0.15, 0.2) is 0 Å². The van der Waals surface area contributed by atoms with Gasteiger partial charge in [-0.05, 0) is 49.4 Å². The summed E-state index contributed by atoms with van der Waals surface area (Å²) >= 11 is 6.23. The topological polar surface area (TPSA) is 0 Å². The second kappa shape index (κ2) is 3.21. The highest BCUT2D eigenvalue weighted by atomic mass is 35.5. The van der Waals surface area contributed by atoms with E-state index in [1.54, 1.807) is 0 Å². The van der Waals surface area contributed by atoms with Gasteiger partial charge in [0.05, 0.1) is 0 Å². The first-order chi connectivity index (χ1) is 5.66. The fourth-order valence-corrected chi connectivity index (χ4v) is 3.71. The second-order valence-corrected chi connectivity index (χ2v) is 5.62. The van der Waals surface area contributed by atoms with E-state index in [0.717, 1.165) is 23.7 Å². The minimum atomic E-state index is 0.490. The molecule has 2 fully saturated rings. The third kappa shape index (κ3) is 1.51. The van der Waals surface area contributed by atoms with E-state index in [1.165, 1.54) is 25.7 Å². The van der Waals surface area contributed by atoms with Crippen molar-refractivity contribution < 1.29 is 0 Å². The highest BCUT2D eigenvalue weighted by Crippen LogP contribution is 2.46. The summed E-state index contributed by atoms with van der Waals surface area (Å²) in [4.78, 5) is 0. The molecule has 0 nitrogen and oxygen atoms in total. The molecule has 0 spiro atoms. The molecule has 0 aromatic carbocycles. The van der Waals surface area contributed by atoms with Crippen molar-refractivity contribution in [1.82, 2.24) is 0 Å². The molecule has 0 amide bonds. The van der Waals surface area contributed by atoms with Crippen LogP contribution in [0.15, 0.2) is 0 Å². The Balaban J connectivity index is 2.07. The van der Waals surface area contributed by atoms with Crippen molar-refractivity contribution in [2.75, 3.05) is 0 Å². The summed E-state index contributed by atoms with van der Waals surface area (Å²) in [5, 5.41) is 0.490. The molecule has 70 valence electrons. The number of rotatable bonds is 0. The summed E-state index contributed by atoms with van der Waals surface area (Å²) < 4.78 is 0. The van der Waals surface area contributed by atoms with E-state index in [2.05, 4.69) is 13.8 Å². The van der Waals surface area contributed by atoms with Gasteiger partial charge < -0.3 is 0 Å². The summed E-state index contributed by atoms with van der Waals surface area (Å²) in [5.74, 6) is 3.76. The molecule has 2 rings (SSSR count). The molecular weight excluding hydrogens is 168 g/mol. The van der Waals surface area contributed by atoms with Crippen LogP contribution in [0.25, 0.3) is 0 Å². The van der Waals surface area contributed by atoms with Crippen molar-refractivity contribution in [1.29, 1.82) is 0 Å². The molecule has 0 heterocycles. The third-order valence-electron chi connectivity index (χ3n) is 4.13. The smallest absolute Gasteiger partial charge is 0.0341 e. The molecule has 0 aliphatic heterocycles. The maximum Gasteiger partial charge on any atom is 0.0341 e. The summed E-state index contributed by atoms with van der Waals surface area (Å²) in [6.45, 7) is 4.83. The van der Waals surface area contributed by atoms with Crippen molar-refractivity contribution >= 4 is 11.6 Å². The molecular formula is C11H19Cl. The first-order valence-electron chi connectivity index (χ1n) is 5.31. The average Bonchev–Trinajstić information content (AvgIpc) is 1.99. The Labute approximate surface area is 80.7 Å². The zero-order chi connectivity index (χ0) is 8.72. The van der Waals surface area contributed by atoms with Crippen LogP contribution in [0.1, 0.15) is 39.5 Å². The lowest BCUT2D eigenvalue weighted by Crippen LogP contribution is -2.36. The van der Waals surface area contributed by atoms with E-state index in [-0.39, 0.29) is 0 Å². The van der Waals surface area contributed by atoms with Crippen molar-refractivity contribution in [3.05, 3.63) is 0 Å². The summed E-state index contributed by atoms with van der Waals surface area (Å²) in [6, 6.07) is 0. The van der Waals surface area contributed by atoms with Crippen LogP contribution in [0.5, 0.6) is 0 Å². The summed E-state index contributed by atoms with van der Waals surface area (Å²) in [7, 11) is 0. The lowest BCUT2D eigenvalue weighted by Gasteiger charge is -2.44. The van der Waals surface area contributed by atoms with Crippen LogP contribution in [0, 0.1) is 23.7 Å². The van der Waals surface area contributed by atoms with Crippen LogP contribution in [0.2, 0.25) is 0 Å². The average molecular weight is 187 g/mol. The highest BCUT2D eigenvalue weighted by Gasteiger charge is 2.38. The van der Waals surface area contributed by atoms with E-state index in [1.807, 2.05) is 0 Å². The lowest BCUT2D eigenvalue weighted by atomic mass is 9.63. The van der Waals surface area contributed by atoms with Gasteiger partial charge in [0.25, 0.3) is 0 Å². The molecule has 0 aromatic rings. The van der Waals surface area contributed by atoms with Crippen molar-refractivity contribution in [3.8, 4) is 0 Å². The normalized spacial score (nSPS) is 53.8. The molecule has 2 saturated carbocycles. The molecule has 2 aliphatic rings. The van der Waals surface area contributed by atoms with Crippen LogP contribution in [0.4, 0.5) is 0 Å². The molecule has 12 heavy (non-hydrogen) atoms. The lowest BCUT2D eigenvalue weighted by molar-refractivity contribution is 0.0853. The first-order valence-corrected chi connectivity index (χ1v) is 5.74. The predicted octanol–water partition coefficient (Wildman–Crippen LogP) is 3.69. The van der Waals surface area contributed by atoms with Gasteiger partial charge >= 0.3 is 0 Å². The minimum absolute atomic E-state index is 0.490. The molecule has 5 atom stereocenters. The molecule has 4 unspecified atom stereocenters. The molecule has 2 aliphatic carbocycles. The van der Waals surface area contributed by atoms with Crippen LogP contribution in [0.3, 0.4) is 0 Å². The molecule has 0 aromatic heterocycles. The van der Waals surface area contributed by atoms with Crippen LogP contribution in [-0.2, 0) is 0 Å². The Hall–Kier alpha value is 0.290. The zero-order valence-corrected chi connectivity index (χ0v) is 8.85. The van der Waals surface area contributed by atoms with E-state index in [9.17, 15) is 0 Å². The number of halogens is 1. The minimum Gasteiger partial charge on any atom is -0.123 e. The first kappa shape index (κ1) is 8.87. The standard InChI is InChI=1S/C11H19Cl/c1-7-3-9-4-10(8(7)2)6-11(12)5-9/h7-11H,3-6H2,1-2H3/t7?,8-,9?,10?,11?/m1/s1. The van der Waals surface area contributed by atoms with Gasteiger partial charge in [-0.15, -0.1) is 11.6 Å². The SMILES string of the molecule is CC1CC2CC(Cl)CC(C2)[C@@H]1C. The fourth-order valence-electron chi connectivity index (χ4n) is 3.23. The van der Waals surface area contributed by atoms with Crippen molar-refractivity contribution in [3.63, 3.8) is 0 Å². The van der Waals surface area contributed by atoms with E-state index in [4.69, 9.17) is 11.6 Å². The van der Waals surface area contributed by atoms with Crippen molar-refractivity contribution in [2.45, 2.75) is 44.9 Å². The van der Waals surface area contributed by atoms with Gasteiger partial charge in [-0.2, -0.15) is 0 Å². The van der Waals surface area contributed by atoms with Gasteiger partial charge in [-0.3, -0.25) is 0 Å². The molecule has 0 N–H and O–H groups in total. The molecule has 2 bridgehead atoms. The summed E-state index contributed by atoms with van der Waals surface area (Å²) in [6.07, 6.45) is 5.47. The second-order valence-electron chi connectivity index (χ2n) is 5.00. The number of hydrogen-bond donors (Lipinski definition) is 0. The number of hydrogen-bond acceptors (Lipinski definition) is 0. The summed E-state index contributed by atoms with van der Waals surface area (Å²) in [5.41, 5.74) is 0. The van der Waals surface area contributed by atoms with Crippen LogP contribution in [-0.4, -0.2) is 5.38 Å². The van der Waals surface area contributed by atoms with E-state index < -0.39 is 0 Å². The van der Waals surface area contributed by atoms with Gasteiger partial charge in [-0.25, -0.2) is 0 Å². The zero-order valence-electron chi connectivity index (χ0n) is 8.09.